The normalized spacial score (nSPS) is 22.6. The van der Waals surface area contributed by atoms with E-state index in [-0.39, 0.29) is 12.8 Å². The summed E-state index contributed by atoms with van der Waals surface area (Å²) in [5.74, 6) is 0.581. The second-order valence-electron chi connectivity index (χ2n) is 8.08. The first-order valence-corrected chi connectivity index (χ1v) is 11.1. The molecule has 2 aromatic carbocycles. The Morgan fingerprint density at radius 1 is 1.19 bits per heavy atom. The number of nitrogens with zero attached hydrogens (tertiary/aromatic N) is 2. The highest BCUT2D eigenvalue weighted by atomic mass is 32.2. The van der Waals surface area contributed by atoms with Crippen LogP contribution in [0.5, 0.6) is 11.5 Å². The van der Waals surface area contributed by atoms with Crippen molar-refractivity contribution in [3.63, 3.8) is 0 Å². The zero-order valence-electron chi connectivity index (χ0n) is 17.3. The number of hydrogen-bond acceptors (Lipinski definition) is 7. The Morgan fingerprint density at radius 3 is 2.55 bits per heavy atom. The van der Waals surface area contributed by atoms with Gasteiger partial charge in [-0.3, -0.25) is 14.9 Å². The number of carbonyl (C=O) groups excluding carboxylic acids is 1. The highest BCUT2D eigenvalue weighted by Gasteiger charge is 2.52. The number of ether oxygens (including phenoxy) is 2. The number of fused-ring (bicyclic) bond motifs is 4. The largest absolute Gasteiger partial charge is 0.497 e. The molecule has 31 heavy (non-hydrogen) atoms. The van der Waals surface area contributed by atoms with Gasteiger partial charge in [0.2, 0.25) is 5.91 Å². The average molecular weight is 446 g/mol. The summed E-state index contributed by atoms with van der Waals surface area (Å²) in [5, 5.41) is 11.4. The summed E-state index contributed by atoms with van der Waals surface area (Å²) < 4.78 is 38.6. The van der Waals surface area contributed by atoms with E-state index in [1.54, 1.807) is 13.2 Å². The molecule has 0 N–H and O–H groups in total. The Kier molecular flexibility index (Phi) is 4.92. The first kappa shape index (κ1) is 21.1. The minimum absolute atomic E-state index is 0.0565. The second-order valence-corrected chi connectivity index (χ2v) is 9.87. The van der Waals surface area contributed by atoms with E-state index < -0.39 is 42.9 Å². The first-order valence-electron chi connectivity index (χ1n) is 9.68. The maximum absolute atomic E-state index is 13.4. The summed E-state index contributed by atoms with van der Waals surface area (Å²) in [7, 11) is -1.35. The number of nitro groups is 1. The number of piperidine rings is 1. The minimum atomic E-state index is -4.42. The number of para-hydroxylation sites is 1. The van der Waals surface area contributed by atoms with Gasteiger partial charge in [0.25, 0.3) is 15.7 Å². The van der Waals surface area contributed by atoms with E-state index in [0.717, 1.165) is 27.6 Å². The van der Waals surface area contributed by atoms with Crippen LogP contribution in [0.15, 0.2) is 41.3 Å². The van der Waals surface area contributed by atoms with Crippen molar-refractivity contribution in [2.45, 2.75) is 42.5 Å². The SMILES string of the molecule is COc1cc2c(c(OC)c1)[C@]1(C)CC(=O)N(S(=O)(=O)c3ccccc3[N+](=O)[O-])[C@H](C2)C1. The second kappa shape index (κ2) is 7.23. The van der Waals surface area contributed by atoms with E-state index in [9.17, 15) is 23.3 Å². The fourth-order valence-corrected chi connectivity index (χ4v) is 6.67. The summed E-state index contributed by atoms with van der Waals surface area (Å²) in [5.41, 5.74) is 0.540. The molecule has 0 radical (unpaired) electrons. The zero-order chi connectivity index (χ0) is 22.6. The lowest BCUT2D eigenvalue weighted by molar-refractivity contribution is -0.387. The molecule has 4 rings (SSSR count). The maximum Gasteiger partial charge on any atom is 0.289 e. The molecule has 1 saturated heterocycles. The fourth-order valence-electron chi connectivity index (χ4n) is 4.92. The number of benzene rings is 2. The molecule has 2 aliphatic rings. The van der Waals surface area contributed by atoms with E-state index in [1.165, 1.54) is 19.2 Å². The Hall–Kier alpha value is -3.14. The Bertz CT molecular complexity index is 1190. The molecule has 9 nitrogen and oxygen atoms in total. The standard InChI is InChI=1S/C21H22N2O7S/c1-21-11-14(8-13-9-15(29-2)10-17(30-3)20(13)21)22(19(24)12-21)31(27,28)18-7-5-4-6-16(18)23(25)26/h4-7,9-10,14H,8,11-12H2,1-3H3/t14-,21+/m1/s1. The number of nitro benzene ring substituents is 1. The quantitative estimate of drug-likeness (QED) is 0.512. The molecule has 1 heterocycles. The van der Waals surface area contributed by atoms with E-state index in [1.807, 2.05) is 13.0 Å². The van der Waals surface area contributed by atoms with Crippen LogP contribution in [0.3, 0.4) is 0 Å². The predicted molar refractivity (Wildman–Crippen MR) is 111 cm³/mol. The Labute approximate surface area is 179 Å². The van der Waals surface area contributed by atoms with Crippen molar-refractivity contribution in [1.29, 1.82) is 0 Å². The molecule has 2 bridgehead atoms. The molecular formula is C21H22N2O7S. The monoisotopic (exact) mass is 446 g/mol. The van der Waals surface area contributed by atoms with Crippen molar-refractivity contribution >= 4 is 21.6 Å². The van der Waals surface area contributed by atoms with Gasteiger partial charge in [0.15, 0.2) is 4.90 Å². The summed E-state index contributed by atoms with van der Waals surface area (Å²) >= 11 is 0. The lowest BCUT2D eigenvalue weighted by Crippen LogP contribution is -2.56. The molecule has 0 spiro atoms. The minimum Gasteiger partial charge on any atom is -0.497 e. The first-order chi connectivity index (χ1) is 14.6. The number of hydrogen-bond donors (Lipinski definition) is 0. The molecule has 10 heteroatoms. The van der Waals surface area contributed by atoms with Gasteiger partial charge in [0.05, 0.1) is 25.2 Å². The van der Waals surface area contributed by atoms with Crippen LogP contribution in [0.1, 0.15) is 30.9 Å². The predicted octanol–water partition coefficient (Wildman–Crippen LogP) is 2.81. The van der Waals surface area contributed by atoms with Crippen LogP contribution in [0.25, 0.3) is 0 Å². The number of sulfonamides is 1. The molecule has 2 atom stereocenters. The smallest absolute Gasteiger partial charge is 0.289 e. The maximum atomic E-state index is 13.4. The van der Waals surface area contributed by atoms with E-state index in [0.29, 0.717) is 17.9 Å². The summed E-state index contributed by atoms with van der Waals surface area (Å²) in [4.78, 5) is 23.3. The van der Waals surface area contributed by atoms with Crippen LogP contribution < -0.4 is 9.47 Å². The van der Waals surface area contributed by atoms with Gasteiger partial charge < -0.3 is 9.47 Å². The summed E-state index contributed by atoms with van der Waals surface area (Å²) in [6.45, 7) is 1.92. The van der Waals surface area contributed by atoms with Gasteiger partial charge in [-0.15, -0.1) is 0 Å². The van der Waals surface area contributed by atoms with Crippen LogP contribution in [0.2, 0.25) is 0 Å². The van der Waals surface area contributed by atoms with Gasteiger partial charge in [0.1, 0.15) is 11.5 Å². The van der Waals surface area contributed by atoms with Gasteiger partial charge in [-0.1, -0.05) is 19.1 Å². The lowest BCUT2D eigenvalue weighted by atomic mass is 9.65. The third kappa shape index (κ3) is 3.21. The molecular weight excluding hydrogens is 424 g/mol. The van der Waals surface area contributed by atoms with Crippen molar-refractivity contribution in [3.05, 3.63) is 57.6 Å². The number of methoxy groups -OCH3 is 2. The fraction of sp³-hybridized carbons (Fsp3) is 0.381. The van der Waals surface area contributed by atoms with Crippen LogP contribution in [0.4, 0.5) is 5.69 Å². The average Bonchev–Trinajstić information content (AvgIpc) is 2.71. The van der Waals surface area contributed by atoms with Gasteiger partial charge in [-0.25, -0.2) is 12.7 Å². The van der Waals surface area contributed by atoms with Gasteiger partial charge >= 0.3 is 0 Å². The van der Waals surface area contributed by atoms with Crippen LogP contribution in [0, 0.1) is 10.1 Å². The molecule has 1 amide bonds. The lowest BCUT2D eigenvalue weighted by Gasteiger charge is -2.48. The third-order valence-corrected chi connectivity index (χ3v) is 8.00. The Morgan fingerprint density at radius 2 is 1.90 bits per heavy atom. The topological polar surface area (TPSA) is 116 Å². The number of rotatable bonds is 5. The van der Waals surface area contributed by atoms with Crippen LogP contribution >= 0.6 is 0 Å². The van der Waals surface area contributed by atoms with Crippen molar-refractivity contribution < 1.29 is 27.6 Å². The molecule has 164 valence electrons. The number of carbonyl (C=O) groups is 1. The number of amides is 1. The summed E-state index contributed by atoms with van der Waals surface area (Å²) in [6, 6.07) is 8.00. The third-order valence-electron chi connectivity index (χ3n) is 6.08. The zero-order valence-corrected chi connectivity index (χ0v) is 18.1. The van der Waals surface area contributed by atoms with Crippen molar-refractivity contribution in [3.8, 4) is 11.5 Å². The van der Waals surface area contributed by atoms with Gasteiger partial charge in [0, 0.05) is 29.5 Å². The Balaban J connectivity index is 1.85. The van der Waals surface area contributed by atoms with Crippen LogP contribution in [-0.4, -0.2) is 43.8 Å². The molecule has 1 fully saturated rings. The van der Waals surface area contributed by atoms with Crippen molar-refractivity contribution in [2.24, 2.45) is 0 Å². The van der Waals surface area contributed by atoms with E-state index in [4.69, 9.17) is 9.47 Å². The molecule has 0 saturated carbocycles. The van der Waals surface area contributed by atoms with Crippen molar-refractivity contribution in [1.82, 2.24) is 4.31 Å². The van der Waals surface area contributed by atoms with E-state index in [2.05, 4.69) is 0 Å². The molecule has 1 aliphatic heterocycles. The molecule has 0 aromatic heterocycles. The van der Waals surface area contributed by atoms with Gasteiger partial charge in [-0.05, 0) is 30.5 Å². The molecule has 0 unspecified atom stereocenters. The molecule has 1 aliphatic carbocycles. The highest BCUT2D eigenvalue weighted by molar-refractivity contribution is 7.89. The van der Waals surface area contributed by atoms with E-state index >= 15 is 0 Å². The molecule has 2 aromatic rings. The summed E-state index contributed by atoms with van der Waals surface area (Å²) in [6.07, 6.45) is 0.609. The van der Waals surface area contributed by atoms with Crippen LogP contribution in [-0.2, 0) is 26.7 Å². The highest BCUT2D eigenvalue weighted by Crippen LogP contribution is 2.51. The van der Waals surface area contributed by atoms with Gasteiger partial charge in [-0.2, -0.15) is 0 Å². The van der Waals surface area contributed by atoms with Crippen molar-refractivity contribution in [2.75, 3.05) is 14.2 Å².